The number of unbranched alkanes of at least 4 members (excludes halogenated alkanes) is 1. The van der Waals surface area contributed by atoms with Crippen LogP contribution < -0.4 is 10.3 Å². The van der Waals surface area contributed by atoms with Crippen LogP contribution in [0.4, 0.5) is 0 Å². The van der Waals surface area contributed by atoms with Crippen molar-refractivity contribution in [3.8, 4) is 5.75 Å². The second-order valence-electron chi connectivity index (χ2n) is 8.13. The van der Waals surface area contributed by atoms with E-state index in [0.717, 1.165) is 22.9 Å². The van der Waals surface area contributed by atoms with Crippen LogP contribution in [0.2, 0.25) is 0 Å². The number of ether oxygens (including phenoxy) is 2. The minimum absolute atomic E-state index is 0.0411. The number of carbonyl (C=O) groups is 1. The molecule has 0 N–H and O–H groups in total. The van der Waals surface area contributed by atoms with E-state index in [1.54, 1.807) is 23.2 Å². The Kier molecular flexibility index (Phi) is 8.69. The molecule has 4 rings (SSSR count). The van der Waals surface area contributed by atoms with Crippen LogP contribution in [0.25, 0.3) is 10.9 Å². The van der Waals surface area contributed by atoms with Gasteiger partial charge in [-0.1, -0.05) is 29.3 Å². The SMILES string of the molecule is CCCCc1nc2ccc(Br)cc2c(=O)n1N=Cc1ccc(OCC(=O)N2CCOCC2)c(Br)c1. The molecule has 10 heteroatoms. The fourth-order valence-corrected chi connectivity index (χ4v) is 4.56. The molecule has 2 aromatic carbocycles. The first kappa shape index (κ1) is 25.5. The lowest BCUT2D eigenvalue weighted by Gasteiger charge is -2.26. The number of halogens is 2. The molecule has 0 aliphatic carbocycles. The molecule has 1 fully saturated rings. The number of aromatic nitrogens is 2. The third-order valence-electron chi connectivity index (χ3n) is 5.62. The molecular weight excluding hydrogens is 580 g/mol. The zero-order valence-corrected chi connectivity index (χ0v) is 22.5. The van der Waals surface area contributed by atoms with Crippen LogP contribution in [0.5, 0.6) is 5.75 Å². The number of fused-ring (bicyclic) bond motifs is 1. The molecule has 1 saturated heterocycles. The highest BCUT2D eigenvalue weighted by Crippen LogP contribution is 2.26. The van der Waals surface area contributed by atoms with Crippen LogP contribution in [0, 0.1) is 0 Å². The molecule has 1 aliphatic heterocycles. The molecule has 184 valence electrons. The number of hydrogen-bond donors (Lipinski definition) is 0. The van der Waals surface area contributed by atoms with Crippen molar-refractivity contribution in [2.24, 2.45) is 5.10 Å². The van der Waals surface area contributed by atoms with Gasteiger partial charge in [-0.25, -0.2) is 4.98 Å². The van der Waals surface area contributed by atoms with E-state index in [1.807, 2.05) is 24.3 Å². The molecule has 0 unspecified atom stereocenters. The molecule has 3 aromatic rings. The summed E-state index contributed by atoms with van der Waals surface area (Å²) in [5.74, 6) is 1.12. The molecule has 0 saturated carbocycles. The van der Waals surface area contributed by atoms with E-state index in [1.165, 1.54) is 4.68 Å². The van der Waals surface area contributed by atoms with Crippen molar-refractivity contribution in [3.63, 3.8) is 0 Å². The van der Waals surface area contributed by atoms with E-state index < -0.39 is 0 Å². The van der Waals surface area contributed by atoms with E-state index in [9.17, 15) is 9.59 Å². The quantitative estimate of drug-likeness (QED) is 0.356. The van der Waals surface area contributed by atoms with Crippen LogP contribution in [-0.2, 0) is 16.0 Å². The predicted octanol–water partition coefficient (Wildman–Crippen LogP) is 4.38. The predicted molar refractivity (Wildman–Crippen MR) is 142 cm³/mol. The normalized spacial score (nSPS) is 14.1. The van der Waals surface area contributed by atoms with Gasteiger partial charge in [0.2, 0.25) is 0 Å². The van der Waals surface area contributed by atoms with Crippen molar-refractivity contribution in [2.75, 3.05) is 32.9 Å². The first-order valence-corrected chi connectivity index (χ1v) is 13.1. The lowest BCUT2D eigenvalue weighted by atomic mass is 10.2. The largest absolute Gasteiger partial charge is 0.483 e. The summed E-state index contributed by atoms with van der Waals surface area (Å²) in [7, 11) is 0. The molecule has 0 atom stereocenters. The summed E-state index contributed by atoms with van der Waals surface area (Å²) in [6.45, 7) is 4.32. The van der Waals surface area contributed by atoms with Gasteiger partial charge < -0.3 is 14.4 Å². The molecule has 35 heavy (non-hydrogen) atoms. The van der Waals surface area contributed by atoms with E-state index in [0.29, 0.717) is 59.7 Å². The maximum atomic E-state index is 13.2. The Hall–Kier alpha value is -2.56. The van der Waals surface area contributed by atoms with Crippen molar-refractivity contribution >= 4 is 54.9 Å². The number of amides is 1. The molecule has 0 spiro atoms. The summed E-state index contributed by atoms with van der Waals surface area (Å²) >= 11 is 6.93. The van der Waals surface area contributed by atoms with Crippen molar-refractivity contribution in [1.82, 2.24) is 14.6 Å². The minimum Gasteiger partial charge on any atom is -0.483 e. The monoisotopic (exact) mass is 604 g/mol. The summed E-state index contributed by atoms with van der Waals surface area (Å²) in [6, 6.07) is 10.9. The highest BCUT2D eigenvalue weighted by atomic mass is 79.9. The van der Waals surface area contributed by atoms with Crippen LogP contribution in [0.15, 0.2) is 55.2 Å². The van der Waals surface area contributed by atoms with Crippen molar-refractivity contribution < 1.29 is 14.3 Å². The van der Waals surface area contributed by atoms with Crippen LogP contribution in [0.3, 0.4) is 0 Å². The van der Waals surface area contributed by atoms with Gasteiger partial charge in [-0.3, -0.25) is 9.59 Å². The van der Waals surface area contributed by atoms with Gasteiger partial charge in [0.1, 0.15) is 11.6 Å². The second-order valence-corrected chi connectivity index (χ2v) is 9.90. The van der Waals surface area contributed by atoms with Crippen LogP contribution >= 0.6 is 31.9 Å². The zero-order valence-electron chi connectivity index (χ0n) is 19.4. The third kappa shape index (κ3) is 6.36. The fraction of sp³-hybridized carbons (Fsp3) is 0.360. The lowest BCUT2D eigenvalue weighted by molar-refractivity contribution is -0.137. The van der Waals surface area contributed by atoms with Gasteiger partial charge in [0.25, 0.3) is 11.5 Å². The minimum atomic E-state index is -0.209. The van der Waals surface area contributed by atoms with E-state index in [-0.39, 0.29) is 18.1 Å². The summed E-state index contributed by atoms with van der Waals surface area (Å²) in [4.78, 5) is 32.0. The Morgan fingerprint density at radius 2 is 2.00 bits per heavy atom. The maximum absolute atomic E-state index is 13.2. The van der Waals surface area contributed by atoms with Gasteiger partial charge >= 0.3 is 0 Å². The summed E-state index contributed by atoms with van der Waals surface area (Å²) < 4.78 is 13.9. The smallest absolute Gasteiger partial charge is 0.282 e. The number of aryl methyl sites for hydroxylation is 1. The van der Waals surface area contributed by atoms with E-state index >= 15 is 0 Å². The number of nitrogens with zero attached hydrogens (tertiary/aromatic N) is 4. The van der Waals surface area contributed by atoms with E-state index in [2.05, 4.69) is 43.9 Å². The molecule has 1 aromatic heterocycles. The van der Waals surface area contributed by atoms with Crippen LogP contribution in [-0.4, -0.2) is 59.6 Å². The Balaban J connectivity index is 1.53. The molecule has 8 nitrogen and oxygen atoms in total. The Morgan fingerprint density at radius 1 is 1.20 bits per heavy atom. The Morgan fingerprint density at radius 3 is 2.74 bits per heavy atom. The second kappa shape index (κ2) is 11.9. The molecule has 1 amide bonds. The average Bonchev–Trinajstić information content (AvgIpc) is 2.87. The molecule has 0 radical (unpaired) electrons. The van der Waals surface area contributed by atoms with Gasteiger partial charge in [0, 0.05) is 24.0 Å². The highest BCUT2D eigenvalue weighted by molar-refractivity contribution is 9.10. The van der Waals surface area contributed by atoms with Crippen LogP contribution in [0.1, 0.15) is 31.2 Å². The van der Waals surface area contributed by atoms with Gasteiger partial charge in [-0.2, -0.15) is 9.78 Å². The van der Waals surface area contributed by atoms with E-state index in [4.69, 9.17) is 14.5 Å². The zero-order chi connectivity index (χ0) is 24.8. The number of rotatable bonds is 8. The van der Waals surface area contributed by atoms with Gasteiger partial charge in [-0.15, -0.1) is 0 Å². The Bertz CT molecular complexity index is 1300. The van der Waals surface area contributed by atoms with Gasteiger partial charge in [0.15, 0.2) is 6.61 Å². The van der Waals surface area contributed by atoms with Crippen molar-refractivity contribution in [2.45, 2.75) is 26.2 Å². The molecule has 2 heterocycles. The van der Waals surface area contributed by atoms with Crippen molar-refractivity contribution in [3.05, 3.63) is 67.1 Å². The molecule has 1 aliphatic rings. The first-order valence-electron chi connectivity index (χ1n) is 11.5. The first-order chi connectivity index (χ1) is 17.0. The topological polar surface area (TPSA) is 86.0 Å². The standard InChI is InChI=1S/C25H26Br2N4O4/c1-2-3-4-23-29-21-7-6-18(26)14-19(21)25(33)31(23)28-15-17-5-8-22(20(27)13-17)35-16-24(32)30-9-11-34-12-10-30/h5-8,13-15H,2-4,9-12,16H2,1H3. The number of benzene rings is 2. The highest BCUT2D eigenvalue weighted by Gasteiger charge is 2.17. The molecular formula is C25H26Br2N4O4. The van der Waals surface area contributed by atoms with Gasteiger partial charge in [0.05, 0.1) is 34.8 Å². The Labute approximate surface area is 220 Å². The summed E-state index contributed by atoms with van der Waals surface area (Å²) in [5.41, 5.74) is 1.22. The third-order valence-corrected chi connectivity index (χ3v) is 6.74. The number of hydrogen-bond acceptors (Lipinski definition) is 6. The number of carbonyl (C=O) groups excluding carboxylic acids is 1. The van der Waals surface area contributed by atoms with Gasteiger partial charge in [-0.05, 0) is 64.3 Å². The summed E-state index contributed by atoms with van der Waals surface area (Å²) in [6.07, 6.45) is 4.17. The fourth-order valence-electron chi connectivity index (χ4n) is 3.69. The average molecular weight is 606 g/mol. The maximum Gasteiger partial charge on any atom is 0.282 e. The summed E-state index contributed by atoms with van der Waals surface area (Å²) in [5, 5.41) is 4.99. The van der Waals surface area contributed by atoms with Crippen molar-refractivity contribution in [1.29, 1.82) is 0 Å². The number of morpholine rings is 1. The molecule has 0 bridgehead atoms. The lowest BCUT2D eigenvalue weighted by Crippen LogP contribution is -2.43.